The van der Waals surface area contributed by atoms with Crippen LogP contribution in [0, 0.1) is 11.3 Å². The van der Waals surface area contributed by atoms with Crippen molar-refractivity contribution in [3.05, 3.63) is 99.5 Å². The zero-order chi connectivity index (χ0) is 22.3. The summed E-state index contributed by atoms with van der Waals surface area (Å²) >= 11 is 12.3. The minimum atomic E-state index is -1.94. The van der Waals surface area contributed by atoms with Gasteiger partial charge in [-0.1, -0.05) is 83.9 Å². The zero-order valence-electron chi connectivity index (χ0n) is 16.1. The molecule has 8 heteroatoms. The quantitative estimate of drug-likeness (QED) is 0.412. The SMILES string of the molecule is N#CCOc1c(Cl)cc(/C=N/NC(=O)C(O)(c2ccccc2)c2ccccc2)cc1Cl. The topological polar surface area (TPSA) is 94.7 Å². The van der Waals surface area contributed by atoms with Crippen LogP contribution in [-0.4, -0.2) is 23.8 Å². The molecule has 3 aromatic carbocycles. The van der Waals surface area contributed by atoms with E-state index in [1.165, 1.54) is 18.3 Å². The molecule has 3 rings (SSSR count). The Labute approximate surface area is 189 Å². The van der Waals surface area contributed by atoms with Crippen molar-refractivity contribution in [3.63, 3.8) is 0 Å². The van der Waals surface area contributed by atoms with E-state index in [0.717, 1.165) is 0 Å². The van der Waals surface area contributed by atoms with E-state index in [1.807, 2.05) is 6.07 Å². The van der Waals surface area contributed by atoms with Gasteiger partial charge in [-0.2, -0.15) is 10.4 Å². The molecule has 0 aromatic heterocycles. The van der Waals surface area contributed by atoms with Gasteiger partial charge in [0.15, 0.2) is 18.0 Å². The molecule has 0 saturated heterocycles. The Bertz CT molecular complexity index is 1070. The van der Waals surface area contributed by atoms with Crippen molar-refractivity contribution < 1.29 is 14.6 Å². The highest BCUT2D eigenvalue weighted by molar-refractivity contribution is 6.37. The van der Waals surface area contributed by atoms with Crippen molar-refractivity contribution in [1.82, 2.24) is 5.43 Å². The van der Waals surface area contributed by atoms with E-state index in [4.69, 9.17) is 33.2 Å². The summed E-state index contributed by atoms with van der Waals surface area (Å²) in [6, 6.07) is 22.1. The van der Waals surface area contributed by atoms with E-state index in [-0.39, 0.29) is 22.4 Å². The molecule has 0 aliphatic heterocycles. The second-order valence-electron chi connectivity index (χ2n) is 6.40. The molecule has 0 atom stereocenters. The third-order valence-electron chi connectivity index (χ3n) is 4.39. The maximum atomic E-state index is 13.0. The molecule has 2 N–H and O–H groups in total. The predicted molar refractivity (Wildman–Crippen MR) is 119 cm³/mol. The van der Waals surface area contributed by atoms with Gasteiger partial charge in [-0.25, -0.2) is 5.43 Å². The average Bonchev–Trinajstić information content (AvgIpc) is 2.79. The molecule has 0 aliphatic rings. The average molecular weight is 454 g/mol. The first-order valence-corrected chi connectivity index (χ1v) is 9.88. The molecule has 31 heavy (non-hydrogen) atoms. The lowest BCUT2D eigenvalue weighted by atomic mass is 9.85. The second kappa shape index (κ2) is 10.1. The van der Waals surface area contributed by atoms with Gasteiger partial charge < -0.3 is 9.84 Å². The van der Waals surface area contributed by atoms with Gasteiger partial charge in [-0.15, -0.1) is 0 Å². The van der Waals surface area contributed by atoms with Crippen LogP contribution in [0.5, 0.6) is 5.75 Å². The van der Waals surface area contributed by atoms with Crippen molar-refractivity contribution in [2.75, 3.05) is 6.61 Å². The van der Waals surface area contributed by atoms with Crippen LogP contribution < -0.4 is 10.2 Å². The maximum absolute atomic E-state index is 13.0. The highest BCUT2D eigenvalue weighted by Gasteiger charge is 2.39. The number of carbonyl (C=O) groups excluding carboxylic acids is 1. The Kier molecular flexibility index (Phi) is 7.27. The highest BCUT2D eigenvalue weighted by atomic mass is 35.5. The van der Waals surface area contributed by atoms with Gasteiger partial charge in [0.2, 0.25) is 0 Å². The first-order chi connectivity index (χ1) is 15.0. The zero-order valence-corrected chi connectivity index (χ0v) is 17.6. The summed E-state index contributed by atoms with van der Waals surface area (Å²) in [5, 5.41) is 24.3. The van der Waals surface area contributed by atoms with Gasteiger partial charge >= 0.3 is 0 Å². The maximum Gasteiger partial charge on any atom is 0.281 e. The van der Waals surface area contributed by atoms with Crippen LogP contribution >= 0.6 is 23.2 Å². The van der Waals surface area contributed by atoms with E-state index in [1.54, 1.807) is 60.7 Å². The molecule has 0 fully saturated rings. The smallest absolute Gasteiger partial charge is 0.281 e. The number of halogens is 2. The summed E-state index contributed by atoms with van der Waals surface area (Å²) < 4.78 is 5.18. The number of rotatable bonds is 7. The van der Waals surface area contributed by atoms with Crippen LogP contribution in [0.15, 0.2) is 77.9 Å². The summed E-state index contributed by atoms with van der Waals surface area (Å²) in [6.07, 6.45) is 1.33. The number of benzene rings is 3. The molecule has 6 nitrogen and oxygen atoms in total. The van der Waals surface area contributed by atoms with E-state index >= 15 is 0 Å². The van der Waals surface area contributed by atoms with Crippen LogP contribution in [0.3, 0.4) is 0 Å². The minimum Gasteiger partial charge on any atom is -0.476 e. The summed E-state index contributed by atoms with van der Waals surface area (Å²) in [6.45, 7) is -0.194. The largest absolute Gasteiger partial charge is 0.476 e. The van der Waals surface area contributed by atoms with Crippen LogP contribution in [-0.2, 0) is 10.4 Å². The summed E-state index contributed by atoms with van der Waals surface area (Å²) in [5.74, 6) is -0.541. The molecule has 0 bridgehead atoms. The minimum absolute atomic E-state index is 0.189. The number of amides is 1. The molecule has 0 radical (unpaired) electrons. The fourth-order valence-corrected chi connectivity index (χ4v) is 3.54. The Balaban J connectivity index is 1.84. The lowest BCUT2D eigenvalue weighted by Gasteiger charge is -2.27. The van der Waals surface area contributed by atoms with Crippen molar-refractivity contribution >= 4 is 35.3 Å². The Morgan fingerprint density at radius 3 is 2.06 bits per heavy atom. The van der Waals surface area contributed by atoms with E-state index < -0.39 is 11.5 Å². The van der Waals surface area contributed by atoms with Gasteiger partial charge in [0.25, 0.3) is 5.91 Å². The number of hydrogen-bond acceptors (Lipinski definition) is 5. The normalized spacial score (nSPS) is 11.2. The molecule has 0 spiro atoms. The number of hydrazone groups is 1. The number of nitrogens with one attached hydrogen (secondary N) is 1. The number of carbonyl (C=O) groups is 1. The van der Waals surface area contributed by atoms with Gasteiger partial charge in [-0.05, 0) is 28.8 Å². The summed E-state index contributed by atoms with van der Waals surface area (Å²) in [7, 11) is 0. The molecule has 0 saturated carbocycles. The van der Waals surface area contributed by atoms with Gasteiger partial charge in [0.1, 0.15) is 6.07 Å². The fourth-order valence-electron chi connectivity index (χ4n) is 2.93. The number of hydrogen-bond donors (Lipinski definition) is 2. The predicted octanol–water partition coefficient (Wildman–Crippen LogP) is 4.28. The molecule has 0 aliphatic carbocycles. The Morgan fingerprint density at radius 1 is 1.06 bits per heavy atom. The number of aliphatic hydroxyl groups is 1. The van der Waals surface area contributed by atoms with E-state index in [0.29, 0.717) is 16.7 Å². The van der Waals surface area contributed by atoms with Gasteiger partial charge in [0, 0.05) is 0 Å². The van der Waals surface area contributed by atoms with Crippen LogP contribution in [0.25, 0.3) is 0 Å². The molecule has 3 aromatic rings. The third-order valence-corrected chi connectivity index (χ3v) is 4.95. The van der Waals surface area contributed by atoms with Crippen LogP contribution in [0.2, 0.25) is 10.0 Å². The third kappa shape index (κ3) is 5.04. The molecule has 156 valence electrons. The number of nitrogens with zero attached hydrogens (tertiary/aromatic N) is 2. The molecular formula is C23H17Cl2N3O3. The Hall–Kier alpha value is -3.37. The van der Waals surface area contributed by atoms with Crippen LogP contribution in [0.1, 0.15) is 16.7 Å². The molecule has 0 heterocycles. The standard InChI is InChI=1S/C23H17Cl2N3O3/c24-19-13-16(14-20(25)21(19)31-12-11-26)15-27-28-22(29)23(30,17-7-3-1-4-8-17)18-9-5-2-6-10-18/h1-10,13-15,30H,12H2,(H,28,29)/b27-15+. The van der Waals surface area contributed by atoms with Gasteiger partial charge in [0.05, 0.1) is 16.3 Å². The van der Waals surface area contributed by atoms with Crippen molar-refractivity contribution in [1.29, 1.82) is 5.26 Å². The lowest BCUT2D eigenvalue weighted by Crippen LogP contribution is -2.43. The molecular weight excluding hydrogens is 437 g/mol. The van der Waals surface area contributed by atoms with Crippen molar-refractivity contribution in [2.24, 2.45) is 5.10 Å². The monoisotopic (exact) mass is 453 g/mol. The summed E-state index contributed by atoms with van der Waals surface area (Å²) in [4.78, 5) is 13.0. The molecule has 1 amide bonds. The van der Waals surface area contributed by atoms with Crippen molar-refractivity contribution in [3.8, 4) is 11.8 Å². The highest BCUT2D eigenvalue weighted by Crippen LogP contribution is 2.34. The number of nitriles is 1. The molecule has 0 unspecified atom stereocenters. The van der Waals surface area contributed by atoms with E-state index in [9.17, 15) is 9.90 Å². The summed E-state index contributed by atoms with van der Waals surface area (Å²) in [5.41, 5.74) is 1.73. The van der Waals surface area contributed by atoms with Gasteiger partial charge in [-0.3, -0.25) is 4.79 Å². The van der Waals surface area contributed by atoms with Crippen LogP contribution in [0.4, 0.5) is 0 Å². The fraction of sp³-hybridized carbons (Fsp3) is 0.0870. The first kappa shape index (κ1) is 22.3. The lowest BCUT2D eigenvalue weighted by molar-refractivity contribution is -0.136. The van der Waals surface area contributed by atoms with Crippen molar-refractivity contribution in [2.45, 2.75) is 5.60 Å². The van der Waals surface area contributed by atoms with E-state index in [2.05, 4.69) is 10.5 Å². The number of ether oxygens (including phenoxy) is 1. The first-order valence-electron chi connectivity index (χ1n) is 9.12. The Morgan fingerprint density at radius 2 is 1.58 bits per heavy atom. The second-order valence-corrected chi connectivity index (χ2v) is 7.22.